The Balaban J connectivity index is 1.48. The van der Waals surface area contributed by atoms with Crippen LogP contribution in [-0.2, 0) is 9.53 Å². The van der Waals surface area contributed by atoms with Crippen molar-refractivity contribution in [3.63, 3.8) is 0 Å². The highest BCUT2D eigenvalue weighted by Crippen LogP contribution is 2.24. The van der Waals surface area contributed by atoms with E-state index in [0.717, 1.165) is 32.4 Å². The van der Waals surface area contributed by atoms with Gasteiger partial charge in [-0.3, -0.25) is 14.7 Å². The minimum absolute atomic E-state index is 0.131. The maximum Gasteiger partial charge on any atom is 0.220 e. The molecular weight excluding hydrogens is 302 g/mol. The number of nitrogens with zero attached hydrogens (tertiary/aromatic N) is 2. The van der Waals surface area contributed by atoms with Gasteiger partial charge in [-0.1, -0.05) is 6.07 Å². The van der Waals surface area contributed by atoms with Crippen LogP contribution < -0.4 is 5.32 Å². The van der Waals surface area contributed by atoms with Crippen molar-refractivity contribution in [1.29, 1.82) is 0 Å². The number of pyridine rings is 1. The third kappa shape index (κ3) is 4.77. The molecule has 0 aliphatic carbocycles. The molecular formula is C19H29N3O2. The quantitative estimate of drug-likeness (QED) is 0.834. The number of hydrogen-bond acceptors (Lipinski definition) is 4. The molecule has 5 heteroatoms. The van der Waals surface area contributed by atoms with E-state index in [4.69, 9.17) is 4.74 Å². The number of hydrogen-bond donors (Lipinski definition) is 1. The lowest BCUT2D eigenvalue weighted by Gasteiger charge is -2.28. The summed E-state index contributed by atoms with van der Waals surface area (Å²) in [6.07, 6.45) is 10.4. The smallest absolute Gasteiger partial charge is 0.220 e. The summed E-state index contributed by atoms with van der Waals surface area (Å²) < 4.78 is 5.79. The van der Waals surface area contributed by atoms with Crippen LogP contribution in [0.3, 0.4) is 0 Å². The summed E-state index contributed by atoms with van der Waals surface area (Å²) in [5.41, 5.74) is 1.19. The normalized spacial score (nSPS) is 25.7. The van der Waals surface area contributed by atoms with Crippen LogP contribution in [0.25, 0.3) is 0 Å². The Morgan fingerprint density at radius 1 is 1.42 bits per heavy atom. The molecule has 1 N–H and O–H groups in total. The SMILES string of the molecule is CC1CCC(CCC(=O)NCC(c2cccnc2)N2CCCC2)O1. The lowest BCUT2D eigenvalue weighted by molar-refractivity contribution is -0.122. The second-order valence-electron chi connectivity index (χ2n) is 7.03. The molecule has 3 atom stereocenters. The van der Waals surface area contributed by atoms with Gasteiger partial charge >= 0.3 is 0 Å². The van der Waals surface area contributed by atoms with Gasteiger partial charge < -0.3 is 10.1 Å². The van der Waals surface area contributed by atoms with Crippen LogP contribution in [0, 0.1) is 0 Å². The maximum atomic E-state index is 12.2. The molecule has 0 spiro atoms. The number of aromatic nitrogens is 1. The molecule has 0 aromatic carbocycles. The zero-order chi connectivity index (χ0) is 16.8. The van der Waals surface area contributed by atoms with E-state index >= 15 is 0 Å². The first kappa shape index (κ1) is 17.4. The lowest BCUT2D eigenvalue weighted by atomic mass is 10.1. The van der Waals surface area contributed by atoms with Crippen molar-refractivity contribution in [2.24, 2.45) is 0 Å². The molecule has 5 nitrogen and oxygen atoms in total. The van der Waals surface area contributed by atoms with Gasteiger partial charge in [-0.25, -0.2) is 0 Å². The molecule has 0 bridgehead atoms. The van der Waals surface area contributed by atoms with Crippen molar-refractivity contribution >= 4 is 5.91 Å². The third-order valence-electron chi connectivity index (χ3n) is 5.16. The number of likely N-dealkylation sites (tertiary alicyclic amines) is 1. The van der Waals surface area contributed by atoms with Crippen LogP contribution in [0.4, 0.5) is 0 Å². The van der Waals surface area contributed by atoms with Gasteiger partial charge in [0.2, 0.25) is 5.91 Å². The highest BCUT2D eigenvalue weighted by Gasteiger charge is 2.25. The molecule has 2 aliphatic heterocycles. The Labute approximate surface area is 144 Å². The van der Waals surface area contributed by atoms with Crippen molar-refractivity contribution < 1.29 is 9.53 Å². The summed E-state index contributed by atoms with van der Waals surface area (Å²) >= 11 is 0. The van der Waals surface area contributed by atoms with E-state index in [1.165, 1.54) is 18.4 Å². The molecule has 3 heterocycles. The number of ether oxygens (including phenoxy) is 1. The highest BCUT2D eigenvalue weighted by molar-refractivity contribution is 5.75. The van der Waals surface area contributed by atoms with Crippen molar-refractivity contribution in [3.8, 4) is 0 Å². The predicted molar refractivity (Wildman–Crippen MR) is 93.6 cm³/mol. The van der Waals surface area contributed by atoms with E-state index in [2.05, 4.69) is 28.2 Å². The average Bonchev–Trinajstić information content (AvgIpc) is 3.26. The molecule has 3 rings (SSSR count). The van der Waals surface area contributed by atoms with Gasteiger partial charge in [0.25, 0.3) is 0 Å². The van der Waals surface area contributed by atoms with E-state index < -0.39 is 0 Å². The monoisotopic (exact) mass is 331 g/mol. The lowest BCUT2D eigenvalue weighted by Crippen LogP contribution is -2.37. The maximum absolute atomic E-state index is 12.2. The molecule has 1 aromatic heterocycles. The summed E-state index contributed by atoms with van der Waals surface area (Å²) in [4.78, 5) is 18.9. The second kappa shape index (κ2) is 8.58. The number of amides is 1. The zero-order valence-electron chi connectivity index (χ0n) is 14.6. The van der Waals surface area contributed by atoms with E-state index in [1.54, 1.807) is 6.20 Å². The molecule has 1 amide bonds. The number of carbonyl (C=O) groups excluding carboxylic acids is 1. The van der Waals surface area contributed by atoms with Gasteiger partial charge in [0, 0.05) is 25.4 Å². The van der Waals surface area contributed by atoms with Crippen LogP contribution >= 0.6 is 0 Å². The van der Waals surface area contributed by atoms with Crippen molar-refractivity contribution in [3.05, 3.63) is 30.1 Å². The first-order chi connectivity index (χ1) is 11.7. The first-order valence-corrected chi connectivity index (χ1v) is 9.28. The van der Waals surface area contributed by atoms with Crippen molar-refractivity contribution in [2.75, 3.05) is 19.6 Å². The van der Waals surface area contributed by atoms with Crippen LogP contribution in [-0.4, -0.2) is 47.6 Å². The van der Waals surface area contributed by atoms with Gasteiger partial charge in [0.15, 0.2) is 0 Å². The molecule has 3 unspecified atom stereocenters. The van der Waals surface area contributed by atoms with Gasteiger partial charge in [-0.05, 0) is 63.7 Å². The highest BCUT2D eigenvalue weighted by atomic mass is 16.5. The van der Waals surface area contributed by atoms with E-state index in [0.29, 0.717) is 19.1 Å². The summed E-state index contributed by atoms with van der Waals surface area (Å²) in [6, 6.07) is 4.31. The fourth-order valence-corrected chi connectivity index (χ4v) is 3.77. The molecule has 132 valence electrons. The molecule has 2 fully saturated rings. The van der Waals surface area contributed by atoms with Gasteiger partial charge in [-0.15, -0.1) is 0 Å². The summed E-state index contributed by atoms with van der Waals surface area (Å²) in [5, 5.41) is 3.13. The summed E-state index contributed by atoms with van der Waals surface area (Å²) in [5.74, 6) is 0.131. The molecule has 0 saturated carbocycles. The van der Waals surface area contributed by atoms with Crippen molar-refractivity contribution in [2.45, 2.75) is 63.7 Å². The van der Waals surface area contributed by atoms with Crippen LogP contribution in [0.15, 0.2) is 24.5 Å². The largest absolute Gasteiger partial charge is 0.375 e. The van der Waals surface area contributed by atoms with Crippen LogP contribution in [0.2, 0.25) is 0 Å². The fourth-order valence-electron chi connectivity index (χ4n) is 3.77. The minimum atomic E-state index is 0.131. The molecule has 24 heavy (non-hydrogen) atoms. The second-order valence-corrected chi connectivity index (χ2v) is 7.03. The van der Waals surface area contributed by atoms with Gasteiger partial charge in [-0.2, -0.15) is 0 Å². The first-order valence-electron chi connectivity index (χ1n) is 9.28. The van der Waals surface area contributed by atoms with E-state index in [1.807, 2.05) is 12.3 Å². The minimum Gasteiger partial charge on any atom is -0.375 e. The Morgan fingerprint density at radius 3 is 2.92 bits per heavy atom. The molecule has 2 aliphatic rings. The van der Waals surface area contributed by atoms with Gasteiger partial charge in [0.05, 0.1) is 18.2 Å². The Hall–Kier alpha value is -1.46. The Morgan fingerprint density at radius 2 is 2.25 bits per heavy atom. The standard InChI is InChI=1S/C19H29N3O2/c1-15-6-7-17(24-15)8-9-19(23)21-14-18(22-11-2-3-12-22)16-5-4-10-20-13-16/h4-5,10,13,15,17-18H,2-3,6-9,11-12,14H2,1H3,(H,21,23). The average molecular weight is 331 g/mol. The Bertz CT molecular complexity index is 517. The van der Waals surface area contributed by atoms with Crippen LogP contribution in [0.1, 0.15) is 57.1 Å². The number of nitrogens with one attached hydrogen (secondary N) is 1. The fraction of sp³-hybridized carbons (Fsp3) is 0.684. The topological polar surface area (TPSA) is 54.5 Å². The molecule has 1 aromatic rings. The summed E-state index contributed by atoms with van der Waals surface area (Å²) in [6.45, 7) is 4.97. The van der Waals surface area contributed by atoms with Crippen molar-refractivity contribution in [1.82, 2.24) is 15.2 Å². The Kier molecular flexibility index (Phi) is 6.21. The molecule has 0 radical (unpaired) electrons. The number of rotatable bonds is 7. The van der Waals surface area contributed by atoms with E-state index in [9.17, 15) is 4.79 Å². The summed E-state index contributed by atoms with van der Waals surface area (Å²) in [7, 11) is 0. The van der Waals surface area contributed by atoms with E-state index in [-0.39, 0.29) is 18.1 Å². The molecule has 2 saturated heterocycles. The zero-order valence-corrected chi connectivity index (χ0v) is 14.6. The van der Waals surface area contributed by atoms with Gasteiger partial charge in [0.1, 0.15) is 0 Å². The number of carbonyl (C=O) groups is 1. The van der Waals surface area contributed by atoms with Crippen LogP contribution in [0.5, 0.6) is 0 Å². The predicted octanol–water partition coefficient (Wildman–Crippen LogP) is 2.68. The third-order valence-corrected chi connectivity index (χ3v) is 5.16.